The number of rotatable bonds is 25. The lowest BCUT2D eigenvalue weighted by molar-refractivity contribution is -0.167. The van der Waals surface area contributed by atoms with Crippen molar-refractivity contribution >= 4 is 87.4 Å². The number of amides is 2. The minimum absolute atomic E-state index is 0.0269. The van der Waals surface area contributed by atoms with Crippen LogP contribution < -0.4 is 25.0 Å². The van der Waals surface area contributed by atoms with E-state index in [2.05, 4.69) is 0 Å². The summed E-state index contributed by atoms with van der Waals surface area (Å²) in [6, 6.07) is 17.2. The minimum Gasteiger partial charge on any atom is -0.488 e. The first-order valence-corrected chi connectivity index (χ1v) is 21.6. The molecule has 2 N–H and O–H groups in total. The van der Waals surface area contributed by atoms with Gasteiger partial charge in [0.25, 0.3) is 11.8 Å². The highest BCUT2D eigenvalue weighted by molar-refractivity contribution is 6.26. The van der Waals surface area contributed by atoms with Crippen molar-refractivity contribution in [3.05, 3.63) is 89.0 Å². The number of nitrogens with zero attached hydrogens (tertiary/aromatic N) is 3. The van der Waals surface area contributed by atoms with Crippen molar-refractivity contribution in [2.24, 2.45) is 0 Å². The van der Waals surface area contributed by atoms with Crippen molar-refractivity contribution in [1.29, 1.82) is 0 Å². The van der Waals surface area contributed by atoms with Crippen LogP contribution in [0.2, 0.25) is 0 Å². The van der Waals surface area contributed by atoms with Crippen LogP contribution >= 0.6 is 0 Å². The fourth-order valence-corrected chi connectivity index (χ4v) is 6.80. The van der Waals surface area contributed by atoms with Crippen LogP contribution in [0.15, 0.2) is 66.7 Å². The van der Waals surface area contributed by atoms with E-state index in [0.717, 1.165) is 32.6 Å². The Balaban J connectivity index is 1.46. The summed E-state index contributed by atoms with van der Waals surface area (Å²) < 4.78 is 51.3. The molecule has 4 aromatic carbocycles. The number of benzene rings is 4. The van der Waals surface area contributed by atoms with E-state index in [1.165, 1.54) is 34.1 Å². The maximum Gasteiger partial charge on any atom is 0.328 e. The number of nitrogen functional groups attached to an aromatic ring is 1. The Morgan fingerprint density at radius 3 is 1.38 bits per heavy atom. The third kappa shape index (κ3) is 15.5. The second-order valence-corrected chi connectivity index (χ2v) is 15.4. The SMILES string of the molecule is CC(=O)OCOC(=O)CN(CC(=O)OCOC(C)=O)c1ccc(C)cc1OCCOc1cc(CN2C(=O)c3cccc4c(N)ccc(c34)C2=O)ccc1N(CC(=O)OCOC(C)=O)CC(=O)OCOC(C)=O. The van der Waals surface area contributed by atoms with Gasteiger partial charge in [-0.1, -0.05) is 24.3 Å². The summed E-state index contributed by atoms with van der Waals surface area (Å²) in [4.78, 5) is 129. The highest BCUT2D eigenvalue weighted by Crippen LogP contribution is 2.36. The molecule has 1 heterocycles. The molecule has 24 nitrogen and oxygen atoms in total. The average Bonchev–Trinajstić information content (AvgIpc) is 3.30. The number of ether oxygens (including phenoxy) is 10. The molecule has 24 heteroatoms. The Labute approximate surface area is 410 Å². The van der Waals surface area contributed by atoms with Gasteiger partial charge in [0.1, 0.15) is 50.9 Å². The zero-order valence-electron chi connectivity index (χ0n) is 39.7. The molecule has 1 aliphatic heterocycles. The molecule has 0 saturated carbocycles. The predicted molar refractivity (Wildman–Crippen MR) is 247 cm³/mol. The molecule has 0 fully saturated rings. The van der Waals surface area contributed by atoms with Crippen LogP contribution in [0.3, 0.4) is 0 Å². The number of hydrogen-bond acceptors (Lipinski definition) is 23. The normalized spacial score (nSPS) is 11.4. The smallest absolute Gasteiger partial charge is 0.328 e. The van der Waals surface area contributed by atoms with E-state index in [0.29, 0.717) is 27.6 Å². The van der Waals surface area contributed by atoms with Gasteiger partial charge in [-0.15, -0.1) is 0 Å². The summed E-state index contributed by atoms with van der Waals surface area (Å²) in [5.41, 5.74) is 8.32. The highest BCUT2D eigenvalue weighted by atomic mass is 16.7. The number of anilines is 3. The van der Waals surface area contributed by atoms with E-state index in [4.69, 9.17) is 53.1 Å². The molecule has 5 rings (SSSR count). The second-order valence-electron chi connectivity index (χ2n) is 15.4. The van der Waals surface area contributed by atoms with Gasteiger partial charge in [0.15, 0.2) is 0 Å². The molecule has 0 saturated heterocycles. The quantitative estimate of drug-likeness (QED) is 0.0249. The van der Waals surface area contributed by atoms with E-state index < -0.39 is 113 Å². The van der Waals surface area contributed by atoms with Crippen molar-refractivity contribution in [3.8, 4) is 11.5 Å². The lowest BCUT2D eigenvalue weighted by Gasteiger charge is -2.29. The molecule has 72 heavy (non-hydrogen) atoms. The maximum absolute atomic E-state index is 13.9. The third-order valence-corrected chi connectivity index (χ3v) is 9.99. The van der Waals surface area contributed by atoms with Crippen LogP contribution in [0.25, 0.3) is 10.8 Å². The Kier molecular flexibility index (Phi) is 19.2. The molecular formula is C48H50N4O20. The minimum atomic E-state index is -0.970. The van der Waals surface area contributed by atoms with Gasteiger partial charge in [0, 0.05) is 55.3 Å². The van der Waals surface area contributed by atoms with Gasteiger partial charge >= 0.3 is 47.8 Å². The highest BCUT2D eigenvalue weighted by Gasteiger charge is 2.34. The molecule has 382 valence electrons. The molecule has 4 aromatic rings. The van der Waals surface area contributed by atoms with Gasteiger partial charge in [-0.25, -0.2) is 0 Å². The molecule has 0 spiro atoms. The van der Waals surface area contributed by atoms with Crippen molar-refractivity contribution in [2.45, 2.75) is 41.2 Å². The van der Waals surface area contributed by atoms with Crippen LogP contribution in [0.5, 0.6) is 11.5 Å². The Hall–Kier alpha value is -8.96. The Morgan fingerprint density at radius 1 is 0.514 bits per heavy atom. The molecule has 0 unspecified atom stereocenters. The number of esters is 8. The number of carbonyl (C=O) groups is 10. The molecule has 1 aliphatic rings. The monoisotopic (exact) mass is 1000 g/mol. The van der Waals surface area contributed by atoms with Gasteiger partial charge in [-0.05, 0) is 60.5 Å². The Bertz CT molecular complexity index is 2650. The van der Waals surface area contributed by atoms with Gasteiger partial charge in [0.2, 0.25) is 27.2 Å². The van der Waals surface area contributed by atoms with Crippen LogP contribution in [0.1, 0.15) is 59.5 Å². The fraction of sp³-hybridized carbons (Fsp3) is 0.333. The van der Waals surface area contributed by atoms with Crippen molar-refractivity contribution in [1.82, 2.24) is 4.90 Å². The van der Waals surface area contributed by atoms with Gasteiger partial charge < -0.3 is 62.9 Å². The molecule has 0 aromatic heterocycles. The number of aryl methyl sites for hydroxylation is 1. The average molecular weight is 1000 g/mol. The first kappa shape index (κ1) is 54.0. The summed E-state index contributed by atoms with van der Waals surface area (Å²) in [6.45, 7) is -0.0852. The standard InChI is InChI=1S/C48H50N4O20/c1-28-9-13-38(50(20-42(57)69-24-65-29(2)53)21-43(58)70-25-66-30(3)54)40(17-28)63-15-16-64-41-18-33(19-52-47(61)35-8-6-7-34-37(49)12-11-36(46(34)35)48(52)62)10-14-39(41)51(22-44(59)71-26-67-31(4)55)23-45(60)72-27-68-32(5)56/h6-14,17-18H,15-16,19-27,49H2,1-5H3. The first-order valence-electron chi connectivity index (χ1n) is 21.6. The zero-order chi connectivity index (χ0) is 52.5. The van der Waals surface area contributed by atoms with Gasteiger partial charge in [0.05, 0.1) is 17.9 Å². The molecule has 0 bridgehead atoms. The number of imide groups is 1. The predicted octanol–water partition coefficient (Wildman–Crippen LogP) is 2.85. The molecule has 0 aliphatic carbocycles. The van der Waals surface area contributed by atoms with Crippen molar-refractivity contribution in [3.63, 3.8) is 0 Å². The van der Waals surface area contributed by atoms with E-state index in [1.807, 2.05) is 0 Å². The van der Waals surface area contributed by atoms with Gasteiger partial charge in [-0.3, -0.25) is 52.8 Å². The van der Waals surface area contributed by atoms with Gasteiger partial charge in [-0.2, -0.15) is 0 Å². The summed E-state index contributed by atoms with van der Waals surface area (Å²) in [7, 11) is 0. The summed E-state index contributed by atoms with van der Waals surface area (Å²) >= 11 is 0. The summed E-state index contributed by atoms with van der Waals surface area (Å²) in [5, 5.41) is 0.952. The molecule has 0 radical (unpaired) electrons. The first-order chi connectivity index (χ1) is 34.3. The summed E-state index contributed by atoms with van der Waals surface area (Å²) in [5.74, 6) is -7.77. The lowest BCUT2D eigenvalue weighted by atomic mass is 9.93. The number of hydrogen-bond donors (Lipinski definition) is 1. The fourth-order valence-electron chi connectivity index (χ4n) is 6.80. The number of nitrogens with two attached hydrogens (primary N) is 1. The Morgan fingerprint density at radius 2 is 0.931 bits per heavy atom. The molecule has 0 atom stereocenters. The van der Waals surface area contributed by atoms with Crippen LogP contribution in [0.4, 0.5) is 17.1 Å². The molecular weight excluding hydrogens is 953 g/mol. The van der Waals surface area contributed by atoms with E-state index in [9.17, 15) is 47.9 Å². The van der Waals surface area contributed by atoms with E-state index >= 15 is 0 Å². The molecule has 2 amide bonds. The van der Waals surface area contributed by atoms with Crippen molar-refractivity contribution in [2.75, 3.05) is 82.1 Å². The maximum atomic E-state index is 13.9. The zero-order valence-corrected chi connectivity index (χ0v) is 39.7. The van der Waals surface area contributed by atoms with Crippen LogP contribution in [0, 0.1) is 6.92 Å². The van der Waals surface area contributed by atoms with E-state index in [1.54, 1.807) is 49.4 Å². The summed E-state index contributed by atoms with van der Waals surface area (Å²) in [6.07, 6.45) is 0. The topological polar surface area (TPSA) is 299 Å². The van der Waals surface area contributed by atoms with Crippen molar-refractivity contribution < 1.29 is 95.3 Å². The second kappa shape index (κ2) is 25.6. The number of carbonyl (C=O) groups excluding carboxylic acids is 10. The van der Waals surface area contributed by atoms with E-state index in [-0.39, 0.29) is 53.8 Å². The van der Waals surface area contributed by atoms with Crippen LogP contribution in [-0.4, -0.2) is 131 Å². The lowest BCUT2D eigenvalue weighted by Crippen LogP contribution is -2.40. The largest absolute Gasteiger partial charge is 0.488 e. The third-order valence-electron chi connectivity index (χ3n) is 9.99. The van der Waals surface area contributed by atoms with Crippen LogP contribution in [-0.2, 0) is 82.8 Å².